The number of halogens is 3. The fourth-order valence-corrected chi connectivity index (χ4v) is 3.07. The maximum atomic E-state index is 12.5. The summed E-state index contributed by atoms with van der Waals surface area (Å²) in [6.45, 7) is 1.51. The Labute approximate surface area is 148 Å². The molecule has 1 aliphatic heterocycles. The number of hydrogen-bond acceptors (Lipinski definition) is 4. The summed E-state index contributed by atoms with van der Waals surface area (Å²) in [5.41, 5.74) is 1.70. The van der Waals surface area contributed by atoms with Crippen molar-refractivity contribution in [3.8, 4) is 5.75 Å². The zero-order valence-electron chi connectivity index (χ0n) is 14.1. The van der Waals surface area contributed by atoms with E-state index in [-0.39, 0.29) is 30.0 Å². The van der Waals surface area contributed by atoms with Gasteiger partial charge in [-0.25, -0.2) is 0 Å². The molecule has 2 heterocycles. The predicted molar refractivity (Wildman–Crippen MR) is 87.3 cm³/mol. The van der Waals surface area contributed by atoms with Crippen LogP contribution in [0.2, 0.25) is 0 Å². The van der Waals surface area contributed by atoms with E-state index in [0.717, 1.165) is 5.56 Å². The van der Waals surface area contributed by atoms with Crippen molar-refractivity contribution in [1.82, 2.24) is 20.4 Å². The number of rotatable bonds is 5. The Kier molecular flexibility index (Phi) is 5.17. The zero-order chi connectivity index (χ0) is 18.7. The van der Waals surface area contributed by atoms with Crippen molar-refractivity contribution in [2.45, 2.75) is 18.8 Å². The summed E-state index contributed by atoms with van der Waals surface area (Å²) in [5.74, 6) is -0.554. The molecule has 0 unspecified atom stereocenters. The average Bonchev–Trinajstić information content (AvgIpc) is 3.21. The molecule has 140 valence electrons. The molecule has 2 atom stereocenters. The van der Waals surface area contributed by atoms with E-state index in [1.165, 1.54) is 24.3 Å². The fraction of sp³-hybridized carbons (Fsp3) is 0.412. The first-order chi connectivity index (χ1) is 12.3. The third-order valence-corrected chi connectivity index (χ3v) is 4.33. The molecule has 0 saturated carbocycles. The minimum absolute atomic E-state index is 0.0475. The molecule has 9 heteroatoms. The quantitative estimate of drug-likeness (QED) is 0.846. The summed E-state index contributed by atoms with van der Waals surface area (Å²) in [6, 6.07) is 5.44. The smallest absolute Gasteiger partial charge is 0.406 e. The summed E-state index contributed by atoms with van der Waals surface area (Å²) in [6.07, 6.45) is -1.05. The Balaban J connectivity index is 1.56. The van der Waals surface area contributed by atoms with Crippen molar-refractivity contribution in [2.75, 3.05) is 13.1 Å². The molecule has 0 spiro atoms. The largest absolute Gasteiger partial charge is 0.573 e. The highest BCUT2D eigenvalue weighted by Gasteiger charge is 2.34. The van der Waals surface area contributed by atoms with Gasteiger partial charge in [-0.1, -0.05) is 12.1 Å². The zero-order valence-corrected chi connectivity index (χ0v) is 14.1. The summed E-state index contributed by atoms with van der Waals surface area (Å²) in [7, 11) is 1.83. The van der Waals surface area contributed by atoms with E-state index < -0.39 is 6.36 Å². The summed E-state index contributed by atoms with van der Waals surface area (Å²) in [4.78, 5) is 12.5. The Bertz CT molecular complexity index is 758. The van der Waals surface area contributed by atoms with Crippen LogP contribution in [0.4, 0.5) is 13.2 Å². The van der Waals surface area contributed by atoms with Crippen LogP contribution in [-0.4, -0.2) is 35.1 Å². The van der Waals surface area contributed by atoms with Gasteiger partial charge in [0.15, 0.2) is 0 Å². The number of aromatic nitrogens is 2. The number of alkyl halides is 3. The van der Waals surface area contributed by atoms with Gasteiger partial charge in [-0.05, 0) is 23.3 Å². The monoisotopic (exact) mass is 368 g/mol. The normalized spacial score (nSPS) is 20.2. The number of amides is 1. The lowest BCUT2D eigenvalue weighted by molar-refractivity contribution is -0.274. The molecule has 0 radical (unpaired) electrons. The minimum atomic E-state index is -4.72. The van der Waals surface area contributed by atoms with Gasteiger partial charge in [-0.3, -0.25) is 9.48 Å². The second-order valence-electron chi connectivity index (χ2n) is 6.23. The van der Waals surface area contributed by atoms with Crippen LogP contribution in [0.3, 0.4) is 0 Å². The van der Waals surface area contributed by atoms with Gasteiger partial charge in [0, 0.05) is 38.8 Å². The second-order valence-corrected chi connectivity index (χ2v) is 6.23. The fourth-order valence-electron chi connectivity index (χ4n) is 3.07. The highest BCUT2D eigenvalue weighted by Crippen LogP contribution is 2.28. The lowest BCUT2D eigenvalue weighted by atomic mass is 9.90. The molecular formula is C17H19F3N4O2. The van der Waals surface area contributed by atoms with E-state index >= 15 is 0 Å². The van der Waals surface area contributed by atoms with Crippen LogP contribution < -0.4 is 15.4 Å². The van der Waals surface area contributed by atoms with Crippen LogP contribution in [0, 0.1) is 5.92 Å². The Morgan fingerprint density at radius 1 is 1.35 bits per heavy atom. The van der Waals surface area contributed by atoms with Crippen molar-refractivity contribution in [3.63, 3.8) is 0 Å². The third-order valence-electron chi connectivity index (χ3n) is 4.33. The molecule has 1 aliphatic rings. The van der Waals surface area contributed by atoms with Gasteiger partial charge < -0.3 is 15.4 Å². The molecule has 1 amide bonds. The number of nitrogens with one attached hydrogen (secondary N) is 2. The van der Waals surface area contributed by atoms with Gasteiger partial charge in [0.05, 0.1) is 12.1 Å². The maximum Gasteiger partial charge on any atom is 0.573 e. The highest BCUT2D eigenvalue weighted by molar-refractivity contribution is 5.80. The molecule has 3 rings (SSSR count). The first kappa shape index (κ1) is 18.2. The van der Waals surface area contributed by atoms with E-state index in [1.54, 1.807) is 10.9 Å². The molecule has 1 aromatic heterocycles. The Morgan fingerprint density at radius 2 is 2.08 bits per heavy atom. The van der Waals surface area contributed by atoms with Crippen LogP contribution >= 0.6 is 0 Å². The third kappa shape index (κ3) is 4.54. The molecule has 1 aromatic carbocycles. The summed E-state index contributed by atoms with van der Waals surface area (Å²) < 4.78 is 42.0. The lowest BCUT2D eigenvalue weighted by Crippen LogP contribution is -2.33. The van der Waals surface area contributed by atoms with Crippen molar-refractivity contribution in [3.05, 3.63) is 47.8 Å². The number of carbonyl (C=O) groups excluding carboxylic acids is 1. The molecule has 1 fully saturated rings. The molecule has 0 bridgehead atoms. The lowest BCUT2D eigenvalue weighted by Gasteiger charge is -2.17. The van der Waals surface area contributed by atoms with Crippen LogP contribution in [0.1, 0.15) is 17.0 Å². The average molecular weight is 368 g/mol. The van der Waals surface area contributed by atoms with Gasteiger partial charge in [-0.2, -0.15) is 5.10 Å². The molecule has 0 aliphatic carbocycles. The number of benzene rings is 1. The van der Waals surface area contributed by atoms with Crippen LogP contribution in [-0.2, 0) is 18.4 Å². The topological polar surface area (TPSA) is 68.2 Å². The van der Waals surface area contributed by atoms with Crippen molar-refractivity contribution in [2.24, 2.45) is 13.0 Å². The maximum absolute atomic E-state index is 12.5. The molecule has 1 saturated heterocycles. The molecule has 2 N–H and O–H groups in total. The van der Waals surface area contributed by atoms with Crippen molar-refractivity contribution in [1.29, 1.82) is 0 Å². The number of nitrogens with zero attached hydrogens (tertiary/aromatic N) is 2. The van der Waals surface area contributed by atoms with E-state index in [4.69, 9.17) is 0 Å². The van der Waals surface area contributed by atoms with E-state index in [0.29, 0.717) is 18.7 Å². The van der Waals surface area contributed by atoms with Gasteiger partial charge in [0.1, 0.15) is 5.75 Å². The van der Waals surface area contributed by atoms with E-state index in [2.05, 4.69) is 20.5 Å². The van der Waals surface area contributed by atoms with Crippen molar-refractivity contribution < 1.29 is 22.7 Å². The predicted octanol–water partition coefficient (Wildman–Crippen LogP) is 1.94. The Morgan fingerprint density at radius 3 is 2.69 bits per heavy atom. The van der Waals surface area contributed by atoms with Gasteiger partial charge in [-0.15, -0.1) is 13.2 Å². The first-order valence-corrected chi connectivity index (χ1v) is 8.13. The second kappa shape index (κ2) is 7.36. The van der Waals surface area contributed by atoms with E-state index in [9.17, 15) is 18.0 Å². The molecule has 6 nitrogen and oxygen atoms in total. The number of hydrogen-bond donors (Lipinski definition) is 2. The SMILES string of the molecule is Cn1cc([C@H]2CNC[C@@H]2C(=O)NCc2ccc(OC(F)(F)F)cc2)cn1. The number of ether oxygens (including phenoxy) is 1. The van der Waals surface area contributed by atoms with Crippen LogP contribution in [0.5, 0.6) is 5.75 Å². The van der Waals surface area contributed by atoms with Crippen LogP contribution in [0.15, 0.2) is 36.7 Å². The molecule has 2 aromatic rings. The van der Waals surface area contributed by atoms with Crippen LogP contribution in [0.25, 0.3) is 0 Å². The highest BCUT2D eigenvalue weighted by atomic mass is 19.4. The minimum Gasteiger partial charge on any atom is -0.406 e. The number of aryl methyl sites for hydroxylation is 1. The molecular weight excluding hydrogens is 349 g/mol. The molecule has 26 heavy (non-hydrogen) atoms. The van der Waals surface area contributed by atoms with Gasteiger partial charge in [0.25, 0.3) is 0 Å². The first-order valence-electron chi connectivity index (χ1n) is 8.13. The van der Waals surface area contributed by atoms with E-state index in [1.807, 2.05) is 13.2 Å². The summed E-state index contributed by atoms with van der Waals surface area (Å²) in [5, 5.41) is 10.2. The Hall–Kier alpha value is -2.55. The van der Waals surface area contributed by atoms with Gasteiger partial charge in [0.2, 0.25) is 5.91 Å². The van der Waals surface area contributed by atoms with Gasteiger partial charge >= 0.3 is 6.36 Å². The number of carbonyl (C=O) groups is 1. The standard InChI is InChI=1S/C17H19F3N4O2/c1-24-10-12(7-23-24)14-8-21-9-15(14)16(25)22-6-11-2-4-13(5-3-11)26-17(18,19)20/h2-5,7,10,14-15,21H,6,8-9H2,1H3,(H,22,25)/t14-,15+/m1/s1. The summed E-state index contributed by atoms with van der Waals surface area (Å²) >= 11 is 0. The van der Waals surface area contributed by atoms with Crippen molar-refractivity contribution >= 4 is 5.91 Å².